The van der Waals surface area contributed by atoms with Crippen LogP contribution in [0.2, 0.25) is 0 Å². The number of alkyl halides is 3. The highest BCUT2D eigenvalue weighted by Gasteiger charge is 2.52. The predicted octanol–water partition coefficient (Wildman–Crippen LogP) is 4.13. The molecule has 0 aliphatic carbocycles. The van der Waals surface area contributed by atoms with Crippen LogP contribution in [0.4, 0.5) is 13.2 Å². The molecule has 0 N–H and O–H groups in total. The van der Waals surface area contributed by atoms with E-state index in [1.54, 1.807) is 12.3 Å². The number of thiazole rings is 1. The van der Waals surface area contributed by atoms with Gasteiger partial charge in [-0.05, 0) is 39.8 Å². The largest absolute Gasteiger partial charge is 0.507 e. The molecule has 0 radical (unpaired) electrons. The van der Waals surface area contributed by atoms with Gasteiger partial charge in [0.05, 0.1) is 21.5 Å². The average Bonchev–Trinajstić information content (AvgIpc) is 3.02. The Labute approximate surface area is 143 Å². The quantitative estimate of drug-likeness (QED) is 0.760. The van der Waals surface area contributed by atoms with E-state index in [1.807, 2.05) is 27.7 Å². The Kier molecular flexibility index (Phi) is 4.05. The van der Waals surface area contributed by atoms with Crippen LogP contribution in [0.25, 0.3) is 10.6 Å². The Morgan fingerprint density at radius 3 is 2.29 bits per heavy atom. The van der Waals surface area contributed by atoms with Gasteiger partial charge < -0.3 is 9.31 Å². The molecule has 2 heterocycles. The topological polar surface area (TPSA) is 31.4 Å². The molecule has 0 atom stereocenters. The first-order valence-electron chi connectivity index (χ1n) is 7.49. The Morgan fingerprint density at radius 1 is 1.08 bits per heavy atom. The lowest BCUT2D eigenvalue weighted by Crippen LogP contribution is -2.41. The molecule has 0 spiro atoms. The molecule has 3 nitrogen and oxygen atoms in total. The maximum absolute atomic E-state index is 12.8. The van der Waals surface area contributed by atoms with E-state index < -0.39 is 30.1 Å². The third-order valence-electron chi connectivity index (χ3n) is 4.45. The van der Waals surface area contributed by atoms with Gasteiger partial charge in [-0.2, -0.15) is 13.2 Å². The highest BCUT2D eigenvalue weighted by atomic mass is 32.1. The number of hydrogen-bond donors (Lipinski definition) is 0. The summed E-state index contributed by atoms with van der Waals surface area (Å²) in [4.78, 5) is 4.24. The molecule has 1 fully saturated rings. The summed E-state index contributed by atoms with van der Waals surface area (Å²) >= 11 is 1.28. The SMILES string of the molecule is CC1(C)OB(c2cnc(-c3cccc(C(F)(F)F)c3)s2)OC1(C)C. The molecule has 0 unspecified atom stereocenters. The van der Waals surface area contributed by atoms with E-state index >= 15 is 0 Å². The highest BCUT2D eigenvalue weighted by molar-refractivity contribution is 7.24. The number of hydrogen-bond acceptors (Lipinski definition) is 4. The standard InChI is InChI=1S/C16H17BF3NO2S/c1-14(2)15(3,4)23-17(22-14)12-9-21-13(24-12)10-6-5-7-11(8-10)16(18,19)20/h5-9H,1-4H3. The second-order valence-corrected chi connectivity index (χ2v) is 7.80. The van der Waals surface area contributed by atoms with Gasteiger partial charge in [0.2, 0.25) is 0 Å². The normalized spacial score (nSPS) is 19.7. The zero-order chi connectivity index (χ0) is 17.8. The lowest BCUT2D eigenvalue weighted by atomic mass is 9.89. The number of aromatic nitrogens is 1. The zero-order valence-corrected chi connectivity index (χ0v) is 14.6. The van der Waals surface area contributed by atoms with Gasteiger partial charge in [-0.25, -0.2) is 4.98 Å². The van der Waals surface area contributed by atoms with Crippen LogP contribution in [0.3, 0.4) is 0 Å². The molecule has 8 heteroatoms. The van der Waals surface area contributed by atoms with Crippen molar-refractivity contribution in [3.05, 3.63) is 36.0 Å². The molecule has 1 aliphatic rings. The molecule has 0 amide bonds. The molecule has 24 heavy (non-hydrogen) atoms. The fourth-order valence-electron chi connectivity index (χ4n) is 2.32. The fourth-order valence-corrected chi connectivity index (χ4v) is 3.19. The fraction of sp³-hybridized carbons (Fsp3) is 0.438. The number of nitrogens with zero attached hydrogens (tertiary/aromatic N) is 1. The summed E-state index contributed by atoms with van der Waals surface area (Å²) in [5, 5.41) is 0.505. The van der Waals surface area contributed by atoms with E-state index in [4.69, 9.17) is 9.31 Å². The minimum absolute atomic E-state index is 0.428. The van der Waals surface area contributed by atoms with Crippen LogP contribution in [-0.4, -0.2) is 23.3 Å². The van der Waals surface area contributed by atoms with Gasteiger partial charge in [0.25, 0.3) is 0 Å². The second kappa shape index (κ2) is 5.57. The molecule has 2 aromatic rings. The van der Waals surface area contributed by atoms with Crippen molar-refractivity contribution < 1.29 is 22.5 Å². The predicted molar refractivity (Wildman–Crippen MR) is 88.3 cm³/mol. The third-order valence-corrected chi connectivity index (χ3v) is 5.51. The van der Waals surface area contributed by atoms with Crippen molar-refractivity contribution in [1.82, 2.24) is 4.98 Å². The summed E-state index contributed by atoms with van der Waals surface area (Å²) in [6.07, 6.45) is -2.77. The lowest BCUT2D eigenvalue weighted by Gasteiger charge is -2.32. The molecule has 1 aliphatic heterocycles. The summed E-state index contributed by atoms with van der Waals surface area (Å²) in [6, 6.07) is 5.15. The first kappa shape index (κ1) is 17.4. The van der Waals surface area contributed by atoms with Gasteiger partial charge in [-0.1, -0.05) is 12.1 Å². The number of rotatable bonds is 2. The van der Waals surface area contributed by atoms with Crippen LogP contribution in [-0.2, 0) is 15.5 Å². The number of halogens is 3. The van der Waals surface area contributed by atoms with Crippen molar-refractivity contribution in [2.45, 2.75) is 45.1 Å². The summed E-state index contributed by atoms with van der Waals surface area (Å²) < 4.78 is 51.2. The Morgan fingerprint density at radius 2 is 1.71 bits per heavy atom. The van der Waals surface area contributed by atoms with Crippen molar-refractivity contribution in [2.75, 3.05) is 0 Å². The maximum atomic E-state index is 12.8. The molecule has 128 valence electrons. The molecule has 1 aromatic carbocycles. The smallest absolute Gasteiger partial charge is 0.399 e. The van der Waals surface area contributed by atoms with E-state index in [2.05, 4.69) is 4.98 Å². The monoisotopic (exact) mass is 355 g/mol. The molecule has 3 rings (SSSR count). The average molecular weight is 355 g/mol. The van der Waals surface area contributed by atoms with E-state index in [0.29, 0.717) is 10.6 Å². The lowest BCUT2D eigenvalue weighted by molar-refractivity contribution is -0.137. The van der Waals surface area contributed by atoms with E-state index in [9.17, 15) is 13.2 Å². The van der Waals surface area contributed by atoms with Crippen LogP contribution in [0, 0.1) is 0 Å². The van der Waals surface area contributed by atoms with Crippen molar-refractivity contribution in [3.8, 4) is 10.6 Å². The van der Waals surface area contributed by atoms with E-state index in [1.165, 1.54) is 17.4 Å². The van der Waals surface area contributed by atoms with Crippen LogP contribution in [0.5, 0.6) is 0 Å². The first-order valence-corrected chi connectivity index (χ1v) is 8.30. The molecular formula is C16H17BF3NO2S. The Bertz CT molecular complexity index is 742. The zero-order valence-electron chi connectivity index (χ0n) is 13.8. The highest BCUT2D eigenvalue weighted by Crippen LogP contribution is 2.37. The van der Waals surface area contributed by atoms with Crippen molar-refractivity contribution in [1.29, 1.82) is 0 Å². The van der Waals surface area contributed by atoms with Gasteiger partial charge in [-0.15, -0.1) is 11.3 Å². The summed E-state index contributed by atoms with van der Waals surface area (Å²) in [6.45, 7) is 7.78. The third kappa shape index (κ3) is 3.10. The molecule has 0 saturated carbocycles. The van der Waals surface area contributed by atoms with E-state index in [-0.39, 0.29) is 0 Å². The Balaban J connectivity index is 1.87. The Hall–Kier alpha value is -1.38. The first-order chi connectivity index (χ1) is 11.0. The second-order valence-electron chi connectivity index (χ2n) is 6.73. The van der Waals surface area contributed by atoms with Crippen molar-refractivity contribution >= 4 is 23.2 Å². The van der Waals surface area contributed by atoms with Crippen molar-refractivity contribution in [3.63, 3.8) is 0 Å². The van der Waals surface area contributed by atoms with Crippen LogP contribution in [0.15, 0.2) is 30.5 Å². The molecule has 1 aromatic heterocycles. The molecule has 0 bridgehead atoms. The minimum atomic E-state index is -4.37. The van der Waals surface area contributed by atoms with Gasteiger partial charge in [0, 0.05) is 11.8 Å². The van der Waals surface area contributed by atoms with Crippen molar-refractivity contribution in [2.24, 2.45) is 0 Å². The summed E-state index contributed by atoms with van der Waals surface area (Å²) in [5.74, 6) is 0. The van der Waals surface area contributed by atoms with Gasteiger partial charge >= 0.3 is 13.3 Å². The summed E-state index contributed by atoms with van der Waals surface area (Å²) in [5.41, 5.74) is -1.21. The van der Waals surface area contributed by atoms with Gasteiger partial charge in [0.15, 0.2) is 0 Å². The van der Waals surface area contributed by atoms with Crippen LogP contribution >= 0.6 is 11.3 Å². The maximum Gasteiger partial charge on any atom is 0.507 e. The van der Waals surface area contributed by atoms with Crippen LogP contribution in [0.1, 0.15) is 33.3 Å². The van der Waals surface area contributed by atoms with Gasteiger partial charge in [0.1, 0.15) is 5.01 Å². The summed E-state index contributed by atoms with van der Waals surface area (Å²) in [7, 11) is -0.563. The van der Waals surface area contributed by atoms with Gasteiger partial charge in [-0.3, -0.25) is 0 Å². The van der Waals surface area contributed by atoms with E-state index in [0.717, 1.165) is 16.9 Å². The molecule has 1 saturated heterocycles. The molecular weight excluding hydrogens is 338 g/mol. The number of benzene rings is 1. The van der Waals surface area contributed by atoms with Crippen LogP contribution < -0.4 is 4.78 Å². The minimum Gasteiger partial charge on any atom is -0.399 e.